The van der Waals surface area contributed by atoms with Crippen LogP contribution in [0.3, 0.4) is 0 Å². The van der Waals surface area contributed by atoms with E-state index in [1.807, 2.05) is 31.2 Å². The summed E-state index contributed by atoms with van der Waals surface area (Å²) in [4.78, 5) is 2.55. The lowest BCUT2D eigenvalue weighted by molar-refractivity contribution is 0.176. The van der Waals surface area contributed by atoms with Crippen LogP contribution in [0.5, 0.6) is 11.5 Å². The van der Waals surface area contributed by atoms with E-state index >= 15 is 0 Å². The maximum atomic E-state index is 5.85. The minimum Gasteiger partial charge on any atom is -0.490 e. The lowest BCUT2D eigenvalue weighted by atomic mass is 9.99. The lowest BCUT2D eigenvalue weighted by Gasteiger charge is -2.30. The number of nitrogens with zero attached hydrogens (tertiary/aromatic N) is 1. The predicted octanol–water partition coefficient (Wildman–Crippen LogP) is 3.59. The summed E-state index contributed by atoms with van der Waals surface area (Å²) in [6.45, 7) is 9.42. The fourth-order valence-corrected chi connectivity index (χ4v) is 2.60. The Kier molecular flexibility index (Phi) is 6.19. The van der Waals surface area contributed by atoms with Crippen LogP contribution < -0.4 is 9.47 Å². The molecule has 1 fully saturated rings. The zero-order chi connectivity index (χ0) is 14.2. The number of likely N-dealkylation sites (tertiary alicyclic amines) is 1. The van der Waals surface area contributed by atoms with Crippen molar-refractivity contribution in [3.8, 4) is 11.5 Å². The quantitative estimate of drug-likeness (QED) is 0.711. The lowest BCUT2D eigenvalue weighted by Crippen LogP contribution is -2.34. The minimum absolute atomic E-state index is 0.673. The molecule has 1 aliphatic rings. The number of hydrogen-bond acceptors (Lipinski definition) is 3. The average molecular weight is 277 g/mol. The molecule has 20 heavy (non-hydrogen) atoms. The Morgan fingerprint density at radius 2 is 1.75 bits per heavy atom. The maximum Gasteiger partial charge on any atom is 0.161 e. The first kappa shape index (κ1) is 15.2. The van der Waals surface area contributed by atoms with Gasteiger partial charge in [0.25, 0.3) is 0 Å². The number of para-hydroxylation sites is 2. The van der Waals surface area contributed by atoms with Crippen molar-refractivity contribution in [1.29, 1.82) is 0 Å². The molecule has 0 spiro atoms. The monoisotopic (exact) mass is 277 g/mol. The second kappa shape index (κ2) is 8.15. The molecule has 0 aliphatic carbocycles. The van der Waals surface area contributed by atoms with E-state index in [9.17, 15) is 0 Å². The molecule has 1 aromatic rings. The first-order valence-corrected chi connectivity index (χ1v) is 7.86. The molecule has 2 rings (SSSR count). The van der Waals surface area contributed by atoms with Crippen LogP contribution in [-0.4, -0.2) is 37.7 Å². The fourth-order valence-electron chi connectivity index (χ4n) is 2.60. The second-order valence-corrected chi connectivity index (χ2v) is 5.61. The van der Waals surface area contributed by atoms with Gasteiger partial charge in [0.05, 0.1) is 13.2 Å². The summed E-state index contributed by atoms with van der Waals surface area (Å²) in [6.07, 6.45) is 3.76. The summed E-state index contributed by atoms with van der Waals surface area (Å²) in [7, 11) is 0. The molecule has 0 radical (unpaired) electrons. The van der Waals surface area contributed by atoms with Gasteiger partial charge in [-0.25, -0.2) is 0 Å². The first-order valence-electron chi connectivity index (χ1n) is 7.86. The van der Waals surface area contributed by atoms with E-state index in [0.29, 0.717) is 6.61 Å². The van der Waals surface area contributed by atoms with E-state index in [2.05, 4.69) is 11.8 Å². The summed E-state index contributed by atoms with van der Waals surface area (Å²) in [5.41, 5.74) is 0. The molecule has 1 saturated heterocycles. The number of benzene rings is 1. The van der Waals surface area contributed by atoms with Crippen LogP contribution >= 0.6 is 0 Å². The van der Waals surface area contributed by atoms with Crippen molar-refractivity contribution in [2.75, 3.05) is 32.8 Å². The molecule has 0 aromatic heterocycles. The molecule has 1 aliphatic heterocycles. The number of hydrogen-bond donors (Lipinski definition) is 0. The third-order valence-electron chi connectivity index (χ3n) is 3.90. The summed E-state index contributed by atoms with van der Waals surface area (Å²) in [5, 5.41) is 0. The molecule has 0 atom stereocenters. The third kappa shape index (κ3) is 4.71. The van der Waals surface area contributed by atoms with Crippen LogP contribution in [0.2, 0.25) is 0 Å². The van der Waals surface area contributed by atoms with Crippen molar-refractivity contribution in [3.05, 3.63) is 24.3 Å². The standard InChI is InChI=1S/C17H27NO2/c1-3-19-16-7-4-5-8-17(16)20-14-6-11-18-12-9-15(2)10-13-18/h4-5,7-8,15H,3,6,9-14H2,1-2H3. The van der Waals surface area contributed by atoms with E-state index < -0.39 is 0 Å². The molecular formula is C17H27NO2. The SMILES string of the molecule is CCOc1ccccc1OCCCN1CCC(C)CC1. The van der Waals surface area contributed by atoms with Crippen molar-refractivity contribution in [1.82, 2.24) is 4.90 Å². The number of rotatable bonds is 7. The molecule has 0 saturated carbocycles. The Labute approximate surface area is 122 Å². The molecule has 0 bridgehead atoms. The number of piperidine rings is 1. The van der Waals surface area contributed by atoms with Gasteiger partial charge in [0.2, 0.25) is 0 Å². The van der Waals surface area contributed by atoms with Crippen LogP contribution in [0.1, 0.15) is 33.1 Å². The van der Waals surface area contributed by atoms with Gasteiger partial charge in [0, 0.05) is 6.54 Å². The summed E-state index contributed by atoms with van der Waals surface area (Å²) in [6, 6.07) is 7.91. The van der Waals surface area contributed by atoms with Crippen LogP contribution in [0.4, 0.5) is 0 Å². The van der Waals surface area contributed by atoms with Gasteiger partial charge < -0.3 is 14.4 Å². The molecular weight excluding hydrogens is 250 g/mol. The molecule has 1 heterocycles. The van der Waals surface area contributed by atoms with Gasteiger partial charge in [0.15, 0.2) is 11.5 Å². The Bertz CT molecular complexity index is 386. The van der Waals surface area contributed by atoms with Gasteiger partial charge >= 0.3 is 0 Å². The molecule has 0 amide bonds. The molecule has 112 valence electrons. The highest BCUT2D eigenvalue weighted by atomic mass is 16.5. The molecule has 1 aromatic carbocycles. The van der Waals surface area contributed by atoms with Crippen molar-refractivity contribution < 1.29 is 9.47 Å². The van der Waals surface area contributed by atoms with Gasteiger partial charge in [0.1, 0.15) is 0 Å². The summed E-state index contributed by atoms with van der Waals surface area (Å²) in [5.74, 6) is 2.61. The van der Waals surface area contributed by atoms with E-state index in [0.717, 1.165) is 37.0 Å². The summed E-state index contributed by atoms with van der Waals surface area (Å²) >= 11 is 0. The van der Waals surface area contributed by atoms with Crippen molar-refractivity contribution in [3.63, 3.8) is 0 Å². The topological polar surface area (TPSA) is 21.7 Å². The summed E-state index contributed by atoms with van der Waals surface area (Å²) < 4.78 is 11.4. The van der Waals surface area contributed by atoms with Crippen molar-refractivity contribution in [2.45, 2.75) is 33.1 Å². The van der Waals surface area contributed by atoms with Gasteiger partial charge in [-0.3, -0.25) is 0 Å². The highest BCUT2D eigenvalue weighted by molar-refractivity contribution is 5.39. The maximum absolute atomic E-state index is 5.85. The Morgan fingerprint density at radius 1 is 1.10 bits per heavy atom. The zero-order valence-corrected chi connectivity index (χ0v) is 12.8. The van der Waals surface area contributed by atoms with Crippen molar-refractivity contribution >= 4 is 0 Å². The minimum atomic E-state index is 0.673. The van der Waals surface area contributed by atoms with E-state index in [4.69, 9.17) is 9.47 Å². The largest absolute Gasteiger partial charge is 0.490 e. The van der Waals surface area contributed by atoms with Crippen LogP contribution in [0.25, 0.3) is 0 Å². The molecule has 0 unspecified atom stereocenters. The Hall–Kier alpha value is -1.22. The van der Waals surface area contributed by atoms with Gasteiger partial charge in [-0.05, 0) is 57.3 Å². The van der Waals surface area contributed by atoms with Crippen LogP contribution in [-0.2, 0) is 0 Å². The van der Waals surface area contributed by atoms with Crippen LogP contribution in [0, 0.1) is 5.92 Å². The van der Waals surface area contributed by atoms with Gasteiger partial charge in [-0.1, -0.05) is 19.1 Å². The average Bonchev–Trinajstić information content (AvgIpc) is 2.47. The van der Waals surface area contributed by atoms with Gasteiger partial charge in [-0.2, -0.15) is 0 Å². The highest BCUT2D eigenvalue weighted by Crippen LogP contribution is 2.26. The van der Waals surface area contributed by atoms with Crippen molar-refractivity contribution in [2.24, 2.45) is 5.92 Å². The normalized spacial score (nSPS) is 17.1. The predicted molar refractivity (Wildman–Crippen MR) is 82.6 cm³/mol. The third-order valence-corrected chi connectivity index (χ3v) is 3.90. The smallest absolute Gasteiger partial charge is 0.161 e. The van der Waals surface area contributed by atoms with Crippen LogP contribution in [0.15, 0.2) is 24.3 Å². The van der Waals surface area contributed by atoms with E-state index in [-0.39, 0.29) is 0 Å². The molecule has 0 N–H and O–H groups in total. The van der Waals surface area contributed by atoms with Gasteiger partial charge in [-0.15, -0.1) is 0 Å². The second-order valence-electron chi connectivity index (χ2n) is 5.61. The fraction of sp³-hybridized carbons (Fsp3) is 0.647. The Balaban J connectivity index is 1.68. The zero-order valence-electron chi connectivity index (χ0n) is 12.8. The highest BCUT2D eigenvalue weighted by Gasteiger charge is 2.14. The Morgan fingerprint density at radius 3 is 2.40 bits per heavy atom. The molecule has 3 heteroatoms. The first-order chi connectivity index (χ1) is 9.79. The number of ether oxygens (including phenoxy) is 2. The van der Waals surface area contributed by atoms with E-state index in [1.165, 1.54) is 25.9 Å². The van der Waals surface area contributed by atoms with E-state index in [1.54, 1.807) is 0 Å². The molecule has 3 nitrogen and oxygen atoms in total.